The van der Waals surface area contributed by atoms with Crippen molar-refractivity contribution in [1.29, 1.82) is 0 Å². The average Bonchev–Trinajstić information content (AvgIpc) is 3.87. The van der Waals surface area contributed by atoms with Crippen molar-refractivity contribution in [1.82, 2.24) is 39.5 Å². The Morgan fingerprint density at radius 3 is 2.73 bits per heavy atom. The van der Waals surface area contributed by atoms with E-state index in [1.54, 1.807) is 4.90 Å². The number of hydrogen-bond acceptors (Lipinski definition) is 10. The van der Waals surface area contributed by atoms with Gasteiger partial charge in [0.15, 0.2) is 5.82 Å². The Hall–Kier alpha value is -5.42. The number of aromatic nitrogens is 6. The van der Waals surface area contributed by atoms with Gasteiger partial charge in [-0.25, -0.2) is 18.6 Å². The number of hydrogen-bond donors (Lipinski definition) is 1. The van der Waals surface area contributed by atoms with Crippen molar-refractivity contribution in [3.63, 3.8) is 0 Å². The Morgan fingerprint density at radius 2 is 2.02 bits per heavy atom. The highest BCUT2D eigenvalue weighted by atomic mass is 19.1. The lowest BCUT2D eigenvalue weighted by atomic mass is 9.84. The minimum atomic E-state index is -0.795. The van der Waals surface area contributed by atoms with Crippen LogP contribution in [0.1, 0.15) is 38.2 Å². The van der Waals surface area contributed by atoms with E-state index in [1.165, 1.54) is 47.8 Å². The van der Waals surface area contributed by atoms with Crippen molar-refractivity contribution in [2.45, 2.75) is 50.3 Å². The molecule has 1 amide bonds. The molecule has 8 rings (SSSR count). The maximum atomic E-state index is 16.9. The van der Waals surface area contributed by atoms with Crippen molar-refractivity contribution >= 4 is 33.5 Å². The van der Waals surface area contributed by atoms with Crippen LogP contribution in [0.2, 0.25) is 0 Å². The van der Waals surface area contributed by atoms with Gasteiger partial charge in [-0.1, -0.05) is 12.0 Å². The predicted octanol–water partition coefficient (Wildman–Crippen LogP) is 4.59. The van der Waals surface area contributed by atoms with E-state index in [4.69, 9.17) is 16.1 Å². The van der Waals surface area contributed by atoms with Gasteiger partial charge in [0.2, 0.25) is 0 Å². The lowest BCUT2D eigenvalue weighted by Crippen LogP contribution is -2.64. The maximum Gasteiger partial charge on any atom is 0.346 e. The number of phenolic OH excluding ortho intramolecular Hbond substituents is 1. The number of rotatable bonds is 5. The van der Waals surface area contributed by atoms with E-state index >= 15 is 4.39 Å². The highest BCUT2D eigenvalue weighted by Gasteiger charge is 2.52. The minimum Gasteiger partial charge on any atom is -0.508 e. The summed E-state index contributed by atoms with van der Waals surface area (Å²) in [5.41, 5.74) is -0.595. The summed E-state index contributed by atoms with van der Waals surface area (Å²) in [6.45, 7) is 4.47. The number of halogens is 2. The summed E-state index contributed by atoms with van der Waals surface area (Å²) in [6, 6.07) is 5.33. The molecule has 250 valence electrons. The quantitative estimate of drug-likeness (QED) is 0.267. The number of anilines is 1. The highest BCUT2D eigenvalue weighted by Crippen LogP contribution is 2.43. The average molecular weight is 666 g/mol. The first-order valence-electron chi connectivity index (χ1n) is 16.2. The van der Waals surface area contributed by atoms with Gasteiger partial charge >= 0.3 is 12.0 Å². The van der Waals surface area contributed by atoms with Crippen molar-refractivity contribution < 1.29 is 23.4 Å². The molecule has 49 heavy (non-hydrogen) atoms. The molecule has 3 atom stereocenters. The third kappa shape index (κ3) is 4.99. The minimum absolute atomic E-state index is 0.00702. The first-order chi connectivity index (χ1) is 23.7. The molecule has 5 aromatic rings. The molecule has 14 heteroatoms. The van der Waals surface area contributed by atoms with Crippen LogP contribution in [-0.2, 0) is 0 Å². The van der Waals surface area contributed by atoms with Gasteiger partial charge in [-0.3, -0.25) is 9.88 Å². The number of fused-ring (bicyclic) bond motifs is 2. The maximum absolute atomic E-state index is 16.9. The summed E-state index contributed by atoms with van der Waals surface area (Å²) in [5, 5.41) is 15.6. The molecule has 0 aliphatic carbocycles. The molecule has 3 aliphatic heterocycles. The van der Waals surface area contributed by atoms with E-state index in [0.29, 0.717) is 42.6 Å². The van der Waals surface area contributed by atoms with Crippen molar-refractivity contribution in [2.24, 2.45) is 0 Å². The molecular formula is C35H33F2N9O3. The number of phenols is 1. The zero-order chi connectivity index (χ0) is 34.0. The molecule has 3 fully saturated rings. The van der Waals surface area contributed by atoms with Crippen LogP contribution in [0.5, 0.6) is 11.8 Å². The fourth-order valence-corrected chi connectivity index (χ4v) is 7.76. The van der Waals surface area contributed by atoms with E-state index in [9.17, 15) is 14.3 Å². The molecule has 0 bridgehead atoms. The van der Waals surface area contributed by atoms with Crippen LogP contribution in [0.15, 0.2) is 43.1 Å². The summed E-state index contributed by atoms with van der Waals surface area (Å²) >= 11 is 0. The highest BCUT2D eigenvalue weighted by molar-refractivity contribution is 6.03. The smallest absolute Gasteiger partial charge is 0.346 e. The molecule has 2 aromatic carbocycles. The monoisotopic (exact) mass is 665 g/mol. The van der Waals surface area contributed by atoms with Gasteiger partial charge in [0.1, 0.15) is 47.4 Å². The Bertz CT molecular complexity index is 2170. The van der Waals surface area contributed by atoms with E-state index < -0.39 is 17.2 Å². The van der Waals surface area contributed by atoms with Gasteiger partial charge in [-0.05, 0) is 69.8 Å². The molecule has 6 heterocycles. The van der Waals surface area contributed by atoms with Gasteiger partial charge in [0.05, 0.1) is 16.5 Å². The molecule has 3 aliphatic rings. The molecule has 0 saturated carbocycles. The lowest BCUT2D eigenvalue weighted by Gasteiger charge is -2.50. The molecule has 0 radical (unpaired) electrons. The lowest BCUT2D eigenvalue weighted by molar-refractivity contribution is 0.0400. The topological polar surface area (TPSA) is 126 Å². The van der Waals surface area contributed by atoms with Crippen LogP contribution in [0.4, 0.5) is 19.4 Å². The molecule has 3 saturated heterocycles. The molecular weight excluding hydrogens is 632 g/mol. The van der Waals surface area contributed by atoms with Crippen molar-refractivity contribution in [3.8, 4) is 35.4 Å². The Morgan fingerprint density at radius 1 is 1.18 bits per heavy atom. The first-order valence-corrected chi connectivity index (χ1v) is 16.2. The van der Waals surface area contributed by atoms with Gasteiger partial charge < -0.3 is 19.6 Å². The number of nitrogens with zero attached hydrogens (tertiary/aromatic N) is 9. The van der Waals surface area contributed by atoms with Crippen LogP contribution in [0.25, 0.3) is 32.9 Å². The first kappa shape index (κ1) is 30.9. The Kier molecular flexibility index (Phi) is 7.33. The van der Waals surface area contributed by atoms with Crippen LogP contribution in [-0.4, -0.2) is 102 Å². The van der Waals surface area contributed by atoms with E-state index in [-0.39, 0.29) is 57.7 Å². The number of benzene rings is 2. The van der Waals surface area contributed by atoms with Gasteiger partial charge in [-0.2, -0.15) is 19.7 Å². The molecule has 12 nitrogen and oxygen atoms in total. The standard InChI is InChI=1S/C35H33F2N9O3/c1-4-23-26(36)8-7-21-14-22(47)15-24(28(21)23)30-29(37)31-25(16-39-30)32(42-33(41-31)49-20(2)27-6-5-11-43(27)3)44-12-9-35(17-44)10-13-45(35)34(48)46-19-38-18-40-46/h1,7-8,14-16,18-20,27,47H,5-6,9-13,17H2,2-3H3/t20-,27-,35?/m0/s1. The second-order valence-electron chi connectivity index (χ2n) is 13.1. The second-order valence-corrected chi connectivity index (χ2v) is 13.1. The number of terminal acetylenes is 1. The Balaban J connectivity index is 1.24. The van der Waals surface area contributed by atoms with E-state index in [1.807, 2.05) is 18.9 Å². The third-order valence-corrected chi connectivity index (χ3v) is 10.4. The molecule has 1 unspecified atom stereocenters. The number of aromatic hydroxyl groups is 1. The number of likely N-dealkylation sites (N-methyl/N-ethyl adjacent to an activating group) is 1. The van der Waals surface area contributed by atoms with Crippen LogP contribution in [0.3, 0.4) is 0 Å². The summed E-state index contributed by atoms with van der Waals surface area (Å²) in [6.07, 6.45) is 13.0. The summed E-state index contributed by atoms with van der Waals surface area (Å²) < 4.78 is 39.4. The number of pyridine rings is 1. The number of amides is 1. The largest absolute Gasteiger partial charge is 0.508 e. The second kappa shape index (κ2) is 11.6. The summed E-state index contributed by atoms with van der Waals surface area (Å²) in [7, 11) is 2.05. The van der Waals surface area contributed by atoms with E-state index in [0.717, 1.165) is 25.8 Å². The predicted molar refractivity (Wildman–Crippen MR) is 177 cm³/mol. The van der Waals surface area contributed by atoms with E-state index in [2.05, 4.69) is 30.9 Å². The number of likely N-dealkylation sites (tertiary alicyclic amines) is 2. The zero-order valence-electron chi connectivity index (χ0n) is 27.0. The zero-order valence-corrected chi connectivity index (χ0v) is 27.0. The molecule has 1 spiro atoms. The number of carbonyl (C=O) groups excluding carboxylic acids is 1. The number of ether oxygens (including phenoxy) is 1. The SMILES string of the molecule is C#Cc1c(F)ccc2cc(O)cc(-c3ncc4c(N5CCC6(CCN6C(=O)n6cncn6)C5)nc(O[C@@H](C)[C@@H]5CCCN5C)nc4c3F)c12. The fourth-order valence-electron chi connectivity index (χ4n) is 7.76. The van der Waals surface area contributed by atoms with Gasteiger partial charge in [0, 0.05) is 42.8 Å². The molecule has 3 aromatic heterocycles. The number of carbonyl (C=O) groups is 1. The fraction of sp³-hybridized carbons (Fsp3) is 0.371. The van der Waals surface area contributed by atoms with Crippen molar-refractivity contribution in [3.05, 3.63) is 60.3 Å². The van der Waals surface area contributed by atoms with Crippen LogP contribution >= 0.6 is 0 Å². The summed E-state index contributed by atoms with van der Waals surface area (Å²) in [5.74, 6) is 1.20. The normalized spacial score (nSPS) is 21.4. The van der Waals surface area contributed by atoms with Gasteiger partial charge in [0.25, 0.3) is 0 Å². The molecule has 1 N–H and O–H groups in total. The van der Waals surface area contributed by atoms with Crippen LogP contribution < -0.4 is 9.64 Å². The van der Waals surface area contributed by atoms with Crippen LogP contribution in [0, 0.1) is 24.0 Å². The van der Waals surface area contributed by atoms with Gasteiger partial charge in [-0.15, -0.1) is 6.42 Å². The summed E-state index contributed by atoms with van der Waals surface area (Å²) in [4.78, 5) is 37.1. The van der Waals surface area contributed by atoms with Crippen molar-refractivity contribution in [2.75, 3.05) is 38.1 Å². The third-order valence-electron chi connectivity index (χ3n) is 10.4. The Labute approximate surface area is 280 Å².